The Labute approximate surface area is 70.5 Å². The molecule has 0 fully saturated rings. The average molecular weight is 168 g/mol. The van der Waals surface area contributed by atoms with Crippen molar-refractivity contribution in [1.82, 2.24) is 0 Å². The predicted molar refractivity (Wildman–Crippen MR) is 45.0 cm³/mol. The summed E-state index contributed by atoms with van der Waals surface area (Å²) in [6.07, 6.45) is 1.98. The average Bonchev–Trinajstić information content (AvgIpc) is 2.03. The van der Waals surface area contributed by atoms with Crippen LogP contribution in [0, 0.1) is 5.82 Å². The molecule has 1 aromatic carbocycles. The lowest BCUT2D eigenvalue weighted by atomic mass is 10.1. The quantitative estimate of drug-likeness (QED) is 0.635. The molecule has 0 radical (unpaired) electrons. The smallest absolute Gasteiger partial charge is 0.123 e. The highest BCUT2D eigenvalue weighted by Crippen LogP contribution is 2.05. The largest absolute Gasteiger partial charge is 0.212 e. The van der Waals surface area contributed by atoms with Crippen LogP contribution in [0.1, 0.15) is 12.5 Å². The summed E-state index contributed by atoms with van der Waals surface area (Å²) in [5.41, 5.74) is 0.911. The van der Waals surface area contributed by atoms with Gasteiger partial charge in [-0.3, -0.25) is 0 Å². The SMILES string of the molecule is C/C(F)=C\Cc1ccc(F)cc1. The Hall–Kier alpha value is -1.18. The summed E-state index contributed by atoms with van der Waals surface area (Å²) in [7, 11) is 0. The molecule has 0 unspecified atom stereocenters. The van der Waals surface area contributed by atoms with Crippen molar-refractivity contribution >= 4 is 0 Å². The maximum Gasteiger partial charge on any atom is 0.123 e. The van der Waals surface area contributed by atoms with Gasteiger partial charge in [-0.15, -0.1) is 0 Å². The van der Waals surface area contributed by atoms with Crippen molar-refractivity contribution < 1.29 is 8.78 Å². The van der Waals surface area contributed by atoms with Crippen molar-refractivity contribution in [2.24, 2.45) is 0 Å². The highest BCUT2D eigenvalue weighted by Gasteiger charge is 1.91. The van der Waals surface area contributed by atoms with Crippen LogP contribution in [0.3, 0.4) is 0 Å². The summed E-state index contributed by atoms with van der Waals surface area (Å²) in [5.74, 6) is -0.473. The standard InChI is InChI=1S/C10H10F2/c1-8(11)2-3-9-4-6-10(12)7-5-9/h2,4-7H,3H2,1H3/b8-2+. The van der Waals surface area contributed by atoms with E-state index in [0.717, 1.165) is 5.56 Å². The minimum absolute atomic E-state index is 0.209. The molecule has 12 heavy (non-hydrogen) atoms. The number of hydrogen-bond acceptors (Lipinski definition) is 0. The fraction of sp³-hybridized carbons (Fsp3) is 0.200. The van der Waals surface area contributed by atoms with E-state index in [1.54, 1.807) is 12.1 Å². The maximum atomic E-state index is 12.4. The molecular formula is C10H10F2. The molecule has 2 heteroatoms. The summed E-state index contributed by atoms with van der Waals surface area (Å²) in [5, 5.41) is 0. The van der Waals surface area contributed by atoms with Crippen LogP contribution in [-0.4, -0.2) is 0 Å². The first-order chi connectivity index (χ1) is 5.68. The Morgan fingerprint density at radius 3 is 2.42 bits per heavy atom. The second kappa shape index (κ2) is 4.00. The highest BCUT2D eigenvalue weighted by molar-refractivity contribution is 5.18. The fourth-order valence-electron chi connectivity index (χ4n) is 0.879. The zero-order chi connectivity index (χ0) is 8.97. The zero-order valence-electron chi connectivity index (χ0n) is 6.85. The first-order valence-corrected chi connectivity index (χ1v) is 3.75. The molecule has 0 bridgehead atoms. The van der Waals surface area contributed by atoms with Crippen LogP contribution in [0.25, 0.3) is 0 Å². The number of benzene rings is 1. The Kier molecular flexibility index (Phi) is 2.97. The Morgan fingerprint density at radius 2 is 1.92 bits per heavy atom. The maximum absolute atomic E-state index is 12.4. The van der Waals surface area contributed by atoms with Gasteiger partial charge in [0.15, 0.2) is 0 Å². The normalized spacial score (nSPS) is 11.8. The van der Waals surface area contributed by atoms with Crippen LogP contribution < -0.4 is 0 Å². The van der Waals surface area contributed by atoms with Gasteiger partial charge in [0, 0.05) is 0 Å². The van der Waals surface area contributed by atoms with E-state index < -0.39 is 0 Å². The van der Waals surface area contributed by atoms with Gasteiger partial charge in [0.2, 0.25) is 0 Å². The molecule has 1 rings (SSSR count). The lowest BCUT2D eigenvalue weighted by Crippen LogP contribution is -1.81. The summed E-state index contributed by atoms with van der Waals surface area (Å²) in [6, 6.07) is 6.04. The fourth-order valence-corrected chi connectivity index (χ4v) is 0.879. The van der Waals surface area contributed by atoms with Crippen LogP contribution >= 0.6 is 0 Å². The molecule has 0 saturated heterocycles. The third-order valence-corrected chi connectivity index (χ3v) is 1.53. The molecule has 0 aliphatic heterocycles. The second-order valence-electron chi connectivity index (χ2n) is 2.62. The minimum Gasteiger partial charge on any atom is -0.212 e. The predicted octanol–water partition coefficient (Wildman–Crippen LogP) is 3.24. The zero-order valence-corrected chi connectivity index (χ0v) is 6.85. The van der Waals surface area contributed by atoms with Crippen molar-refractivity contribution in [3.05, 3.63) is 47.5 Å². The van der Waals surface area contributed by atoms with Gasteiger partial charge >= 0.3 is 0 Å². The van der Waals surface area contributed by atoms with Crippen LogP contribution in [0.5, 0.6) is 0 Å². The van der Waals surface area contributed by atoms with Gasteiger partial charge in [-0.2, -0.15) is 0 Å². The van der Waals surface area contributed by atoms with E-state index in [0.29, 0.717) is 6.42 Å². The highest BCUT2D eigenvalue weighted by atomic mass is 19.1. The van der Waals surface area contributed by atoms with E-state index in [4.69, 9.17) is 0 Å². The van der Waals surface area contributed by atoms with E-state index in [9.17, 15) is 8.78 Å². The molecule has 0 nitrogen and oxygen atoms in total. The van der Waals surface area contributed by atoms with Crippen molar-refractivity contribution in [2.75, 3.05) is 0 Å². The van der Waals surface area contributed by atoms with Gasteiger partial charge < -0.3 is 0 Å². The van der Waals surface area contributed by atoms with E-state index in [1.807, 2.05) is 0 Å². The number of halogens is 2. The van der Waals surface area contributed by atoms with Gasteiger partial charge in [0.1, 0.15) is 5.82 Å². The van der Waals surface area contributed by atoms with Gasteiger partial charge in [-0.1, -0.05) is 12.1 Å². The van der Waals surface area contributed by atoms with Crippen LogP contribution in [0.4, 0.5) is 8.78 Å². The third kappa shape index (κ3) is 2.82. The van der Waals surface area contributed by atoms with Crippen LogP contribution in [0.2, 0.25) is 0 Å². The van der Waals surface area contributed by atoms with Crippen LogP contribution in [0.15, 0.2) is 36.2 Å². The first kappa shape index (κ1) is 8.91. The lowest BCUT2D eigenvalue weighted by Gasteiger charge is -1.94. The minimum atomic E-state index is -0.264. The molecule has 1 aromatic rings. The van der Waals surface area contributed by atoms with Crippen molar-refractivity contribution in [3.8, 4) is 0 Å². The van der Waals surface area contributed by atoms with Gasteiger partial charge in [-0.25, -0.2) is 8.78 Å². The number of allylic oxidation sites excluding steroid dienone is 2. The monoisotopic (exact) mass is 168 g/mol. The molecule has 0 amide bonds. The Bertz CT molecular complexity index is 268. The van der Waals surface area contributed by atoms with E-state index >= 15 is 0 Å². The molecule has 0 aliphatic rings. The summed E-state index contributed by atoms with van der Waals surface area (Å²) in [6.45, 7) is 1.39. The van der Waals surface area contributed by atoms with Crippen molar-refractivity contribution in [2.45, 2.75) is 13.3 Å². The molecule has 0 N–H and O–H groups in total. The summed E-state index contributed by atoms with van der Waals surface area (Å²) >= 11 is 0. The lowest BCUT2D eigenvalue weighted by molar-refractivity contribution is 0.626. The molecule has 0 saturated carbocycles. The van der Waals surface area contributed by atoms with E-state index in [-0.39, 0.29) is 11.6 Å². The van der Waals surface area contributed by atoms with Crippen molar-refractivity contribution in [1.29, 1.82) is 0 Å². The van der Waals surface area contributed by atoms with Gasteiger partial charge in [-0.05, 0) is 37.1 Å². The van der Waals surface area contributed by atoms with E-state index in [2.05, 4.69) is 0 Å². The molecule has 0 spiro atoms. The molecule has 0 aliphatic carbocycles. The number of hydrogen-bond donors (Lipinski definition) is 0. The van der Waals surface area contributed by atoms with E-state index in [1.165, 1.54) is 25.1 Å². The van der Waals surface area contributed by atoms with Crippen molar-refractivity contribution in [3.63, 3.8) is 0 Å². The molecule has 0 atom stereocenters. The number of rotatable bonds is 2. The van der Waals surface area contributed by atoms with Gasteiger partial charge in [0.05, 0.1) is 5.83 Å². The Balaban J connectivity index is 2.65. The Morgan fingerprint density at radius 1 is 1.33 bits per heavy atom. The summed E-state index contributed by atoms with van der Waals surface area (Å²) < 4.78 is 24.6. The third-order valence-electron chi connectivity index (χ3n) is 1.53. The molecule has 0 heterocycles. The molecule has 64 valence electrons. The van der Waals surface area contributed by atoms with Crippen LogP contribution in [-0.2, 0) is 6.42 Å². The summed E-state index contributed by atoms with van der Waals surface area (Å²) in [4.78, 5) is 0. The molecule has 0 aromatic heterocycles. The van der Waals surface area contributed by atoms with Gasteiger partial charge in [0.25, 0.3) is 0 Å². The first-order valence-electron chi connectivity index (χ1n) is 3.75. The molecular weight excluding hydrogens is 158 g/mol. The topological polar surface area (TPSA) is 0 Å². The second-order valence-corrected chi connectivity index (χ2v) is 2.62.